The van der Waals surface area contributed by atoms with E-state index in [2.05, 4.69) is 4.98 Å². The quantitative estimate of drug-likeness (QED) is 0.857. The van der Waals surface area contributed by atoms with Crippen LogP contribution < -0.4 is 4.90 Å². The minimum atomic E-state index is -4.90. The number of hydrogen-bond donors (Lipinski definition) is 1. The van der Waals surface area contributed by atoms with Crippen LogP contribution in [0.1, 0.15) is 24.8 Å². The first kappa shape index (κ1) is 15.2. The van der Waals surface area contributed by atoms with Crippen LogP contribution in [0.25, 0.3) is 0 Å². The molecule has 2 unspecified atom stereocenters. The van der Waals surface area contributed by atoms with Crippen molar-refractivity contribution in [1.29, 1.82) is 0 Å². The molecule has 3 heterocycles. The summed E-state index contributed by atoms with van der Waals surface area (Å²) in [5, 5.41) is 10.1. The molecule has 0 bridgehead atoms. The fourth-order valence-electron chi connectivity index (χ4n) is 2.86. The number of hydrogen-bond acceptors (Lipinski definition) is 4. The zero-order valence-electron chi connectivity index (χ0n) is 11.6. The highest BCUT2D eigenvalue weighted by Gasteiger charge is 2.62. The summed E-state index contributed by atoms with van der Waals surface area (Å²) in [6, 6.07) is 2.45. The number of alkyl halides is 3. The van der Waals surface area contributed by atoms with Crippen LogP contribution in [0.5, 0.6) is 0 Å². The molecular formula is C14H15F3N2O3. The van der Waals surface area contributed by atoms with Crippen LogP contribution in [0.15, 0.2) is 18.3 Å². The van der Waals surface area contributed by atoms with Gasteiger partial charge in [0.25, 0.3) is 5.91 Å². The number of carbonyl (C=O) groups excluding carboxylic acids is 1. The van der Waals surface area contributed by atoms with Crippen molar-refractivity contribution < 1.29 is 27.8 Å². The first-order chi connectivity index (χ1) is 10.3. The molecule has 5 nitrogen and oxygen atoms in total. The second-order valence-electron chi connectivity index (χ2n) is 5.51. The number of pyridine rings is 1. The van der Waals surface area contributed by atoms with Crippen molar-refractivity contribution in [3.8, 4) is 0 Å². The van der Waals surface area contributed by atoms with Gasteiger partial charge in [-0.25, -0.2) is 4.98 Å². The van der Waals surface area contributed by atoms with Crippen LogP contribution >= 0.6 is 0 Å². The second-order valence-corrected chi connectivity index (χ2v) is 5.51. The Kier molecular flexibility index (Phi) is 3.60. The molecule has 0 aromatic carbocycles. The minimum absolute atomic E-state index is 0.151. The predicted octanol–water partition coefficient (Wildman–Crippen LogP) is 1.75. The lowest BCUT2D eigenvalue weighted by Crippen LogP contribution is -2.49. The van der Waals surface area contributed by atoms with Gasteiger partial charge in [-0.2, -0.15) is 13.2 Å². The van der Waals surface area contributed by atoms with E-state index in [4.69, 9.17) is 4.74 Å². The van der Waals surface area contributed by atoms with Gasteiger partial charge >= 0.3 is 6.18 Å². The summed E-state index contributed by atoms with van der Waals surface area (Å²) in [7, 11) is 0. The third-order valence-corrected chi connectivity index (χ3v) is 4.06. The highest BCUT2D eigenvalue weighted by atomic mass is 19.4. The van der Waals surface area contributed by atoms with Crippen molar-refractivity contribution in [2.75, 3.05) is 18.1 Å². The number of halogens is 3. The molecule has 1 aromatic rings. The van der Waals surface area contributed by atoms with Gasteiger partial charge in [-0.3, -0.25) is 9.69 Å². The van der Waals surface area contributed by atoms with Gasteiger partial charge in [-0.15, -0.1) is 0 Å². The van der Waals surface area contributed by atoms with Crippen LogP contribution in [-0.2, 0) is 15.1 Å². The van der Waals surface area contributed by atoms with E-state index in [0.29, 0.717) is 13.0 Å². The Hall–Kier alpha value is -1.67. The lowest BCUT2D eigenvalue weighted by atomic mass is 9.97. The van der Waals surface area contributed by atoms with Crippen molar-refractivity contribution in [2.45, 2.75) is 37.1 Å². The zero-order chi connectivity index (χ0) is 16.0. The molecule has 22 heavy (non-hydrogen) atoms. The highest BCUT2D eigenvalue weighted by molar-refractivity contribution is 5.98. The van der Waals surface area contributed by atoms with Crippen molar-refractivity contribution in [3.05, 3.63) is 23.9 Å². The van der Waals surface area contributed by atoms with E-state index in [9.17, 15) is 23.1 Å². The summed E-state index contributed by atoms with van der Waals surface area (Å²) in [5.74, 6) is -0.735. The van der Waals surface area contributed by atoms with Gasteiger partial charge in [0.1, 0.15) is 11.9 Å². The van der Waals surface area contributed by atoms with Gasteiger partial charge in [0.05, 0.1) is 6.54 Å². The number of carbonyl (C=O) groups is 1. The number of anilines is 1. The predicted molar refractivity (Wildman–Crippen MR) is 70.1 cm³/mol. The molecule has 1 fully saturated rings. The van der Waals surface area contributed by atoms with Crippen LogP contribution in [0.2, 0.25) is 0 Å². The lowest BCUT2D eigenvalue weighted by Gasteiger charge is -2.29. The molecule has 2 aliphatic rings. The molecule has 3 rings (SSSR count). The summed E-state index contributed by atoms with van der Waals surface area (Å²) in [4.78, 5) is 17.2. The average Bonchev–Trinajstić information content (AvgIpc) is 2.82. The Morgan fingerprint density at radius 3 is 2.86 bits per heavy atom. The van der Waals surface area contributed by atoms with Gasteiger partial charge in [0.2, 0.25) is 5.60 Å². The third-order valence-electron chi connectivity index (χ3n) is 4.06. The number of ether oxygens (including phenoxy) is 1. The molecule has 0 aliphatic carbocycles. The van der Waals surface area contributed by atoms with E-state index in [1.54, 1.807) is 0 Å². The van der Waals surface area contributed by atoms with E-state index >= 15 is 0 Å². The van der Waals surface area contributed by atoms with Gasteiger partial charge in [-0.1, -0.05) is 6.07 Å². The molecule has 8 heteroatoms. The van der Waals surface area contributed by atoms with E-state index in [0.717, 1.165) is 23.8 Å². The summed E-state index contributed by atoms with van der Waals surface area (Å²) in [5.41, 5.74) is -3.49. The Morgan fingerprint density at radius 1 is 1.45 bits per heavy atom. The van der Waals surface area contributed by atoms with E-state index in [-0.39, 0.29) is 5.82 Å². The average molecular weight is 316 g/mol. The number of aromatic nitrogens is 1. The Morgan fingerprint density at radius 2 is 2.23 bits per heavy atom. The molecule has 1 amide bonds. The summed E-state index contributed by atoms with van der Waals surface area (Å²) in [6.07, 6.45) is -2.31. The maximum Gasteiger partial charge on any atom is 0.423 e. The van der Waals surface area contributed by atoms with Crippen LogP contribution in [0.3, 0.4) is 0 Å². The molecule has 2 aliphatic heterocycles. The summed E-state index contributed by atoms with van der Waals surface area (Å²) in [6.45, 7) is -0.482. The number of nitrogens with zero attached hydrogens (tertiary/aromatic N) is 2. The molecule has 1 saturated heterocycles. The minimum Gasteiger partial charge on any atom is -0.375 e. The topological polar surface area (TPSA) is 62.7 Å². The SMILES string of the molecule is O=C(C1CCCCO1)N1CC(O)(C(F)(F)F)c2cccnc21. The molecule has 1 aromatic heterocycles. The molecule has 0 saturated carbocycles. The normalized spacial score (nSPS) is 28.5. The van der Waals surface area contributed by atoms with Gasteiger partial charge in [0, 0.05) is 18.4 Å². The first-order valence-corrected chi connectivity index (χ1v) is 7.02. The maximum absolute atomic E-state index is 13.3. The molecule has 0 spiro atoms. The van der Waals surface area contributed by atoms with E-state index in [1.165, 1.54) is 12.3 Å². The lowest BCUT2D eigenvalue weighted by molar-refractivity contribution is -0.259. The highest BCUT2D eigenvalue weighted by Crippen LogP contribution is 2.47. The van der Waals surface area contributed by atoms with Crippen molar-refractivity contribution in [3.63, 3.8) is 0 Å². The molecule has 1 N–H and O–H groups in total. The second kappa shape index (κ2) is 5.20. The van der Waals surface area contributed by atoms with Crippen LogP contribution in [0.4, 0.5) is 19.0 Å². The molecule has 120 valence electrons. The Balaban J connectivity index is 1.96. The van der Waals surface area contributed by atoms with Gasteiger partial charge < -0.3 is 9.84 Å². The Labute approximate surface area is 124 Å². The molecule has 2 atom stereocenters. The fraction of sp³-hybridized carbons (Fsp3) is 0.571. The monoisotopic (exact) mass is 316 g/mol. The van der Waals surface area contributed by atoms with Gasteiger partial charge in [0.15, 0.2) is 0 Å². The number of fused-ring (bicyclic) bond motifs is 1. The largest absolute Gasteiger partial charge is 0.423 e. The molecular weight excluding hydrogens is 301 g/mol. The zero-order valence-corrected chi connectivity index (χ0v) is 11.6. The van der Waals surface area contributed by atoms with Crippen LogP contribution in [-0.4, -0.2) is 41.4 Å². The standard InChI is InChI=1S/C14H15F3N2O3/c15-14(16,17)13(21)8-19(11-9(13)4-3-6-18-11)12(20)10-5-1-2-7-22-10/h3-4,6,10,21H,1-2,5,7-8H2. The van der Waals surface area contributed by atoms with Crippen molar-refractivity contribution in [2.24, 2.45) is 0 Å². The van der Waals surface area contributed by atoms with Crippen LogP contribution in [0, 0.1) is 0 Å². The summed E-state index contributed by atoms with van der Waals surface area (Å²) >= 11 is 0. The smallest absolute Gasteiger partial charge is 0.375 e. The maximum atomic E-state index is 13.3. The number of amides is 1. The Bertz CT molecular complexity index is 587. The van der Waals surface area contributed by atoms with Crippen molar-refractivity contribution in [1.82, 2.24) is 4.98 Å². The number of β-amino-alcohol motifs (C(OH)–C–C–N with tert-alkyl or cyclic N) is 1. The molecule has 0 radical (unpaired) electrons. The van der Waals surface area contributed by atoms with Crippen molar-refractivity contribution >= 4 is 11.7 Å². The summed E-state index contributed by atoms with van der Waals surface area (Å²) < 4.78 is 45.1. The third kappa shape index (κ3) is 2.26. The van der Waals surface area contributed by atoms with E-state index in [1.807, 2.05) is 0 Å². The van der Waals surface area contributed by atoms with E-state index < -0.39 is 35.9 Å². The number of rotatable bonds is 1. The fourth-order valence-corrected chi connectivity index (χ4v) is 2.86. The number of aliphatic hydroxyl groups is 1. The first-order valence-electron chi connectivity index (χ1n) is 7.02. The van der Waals surface area contributed by atoms with Gasteiger partial charge in [-0.05, 0) is 25.3 Å².